The van der Waals surface area contributed by atoms with E-state index in [4.69, 9.17) is 14.2 Å². The number of cyclic esters (lactones) is 1. The summed E-state index contributed by atoms with van der Waals surface area (Å²) in [5, 5.41) is 3.18. The van der Waals surface area contributed by atoms with Crippen molar-refractivity contribution >= 4 is 11.7 Å². The summed E-state index contributed by atoms with van der Waals surface area (Å²) < 4.78 is 16.2. The Bertz CT molecular complexity index is 684. The van der Waals surface area contributed by atoms with Gasteiger partial charge in [0.05, 0.1) is 7.11 Å². The number of nitrogens with one attached hydrogen (secondary N) is 1. The fourth-order valence-electron chi connectivity index (χ4n) is 2.53. The minimum Gasteiger partial charge on any atom is -0.493 e. The van der Waals surface area contributed by atoms with Gasteiger partial charge in [0, 0.05) is 12.1 Å². The first kappa shape index (κ1) is 15.2. The normalized spacial score (nSPS) is 20.0. The number of hydrogen-bond acceptors (Lipinski definition) is 5. The van der Waals surface area contributed by atoms with Crippen LogP contribution in [0.3, 0.4) is 0 Å². The average molecular weight is 313 g/mol. The summed E-state index contributed by atoms with van der Waals surface area (Å²) in [7, 11) is 1.61. The lowest BCUT2D eigenvalue weighted by atomic mass is 10.2. The molecule has 1 aliphatic rings. The third-order valence-corrected chi connectivity index (χ3v) is 3.66. The SMILES string of the molecule is COc1ccccc1Oc1ccc(NC2CC(C)OC2=O)cc1. The van der Waals surface area contributed by atoms with Crippen molar-refractivity contribution in [2.75, 3.05) is 12.4 Å². The van der Waals surface area contributed by atoms with Crippen molar-refractivity contribution in [3.05, 3.63) is 48.5 Å². The second kappa shape index (κ2) is 6.60. The Hall–Kier alpha value is -2.69. The van der Waals surface area contributed by atoms with Crippen LogP contribution in [0, 0.1) is 0 Å². The number of carbonyl (C=O) groups excluding carboxylic acids is 1. The number of anilines is 1. The first-order chi connectivity index (χ1) is 11.2. The van der Waals surface area contributed by atoms with Crippen molar-refractivity contribution in [3.8, 4) is 17.2 Å². The lowest BCUT2D eigenvalue weighted by Crippen LogP contribution is -2.24. The van der Waals surface area contributed by atoms with Crippen molar-refractivity contribution in [2.24, 2.45) is 0 Å². The van der Waals surface area contributed by atoms with E-state index in [1.54, 1.807) is 7.11 Å². The van der Waals surface area contributed by atoms with Gasteiger partial charge >= 0.3 is 5.97 Å². The van der Waals surface area contributed by atoms with Crippen LogP contribution in [0.15, 0.2) is 48.5 Å². The number of benzene rings is 2. The number of methoxy groups -OCH3 is 1. The van der Waals surface area contributed by atoms with Gasteiger partial charge in [-0.25, -0.2) is 4.79 Å². The molecule has 2 aromatic rings. The molecule has 0 aliphatic carbocycles. The van der Waals surface area contributed by atoms with Crippen molar-refractivity contribution in [1.82, 2.24) is 0 Å². The molecule has 1 heterocycles. The Labute approximate surface area is 135 Å². The highest BCUT2D eigenvalue weighted by Crippen LogP contribution is 2.31. The van der Waals surface area contributed by atoms with Crippen LogP contribution in [0.5, 0.6) is 17.2 Å². The summed E-state index contributed by atoms with van der Waals surface area (Å²) in [6, 6.07) is 14.6. The molecule has 1 aliphatic heterocycles. The van der Waals surface area contributed by atoms with Gasteiger partial charge in [-0.1, -0.05) is 12.1 Å². The molecule has 1 N–H and O–H groups in total. The minimum atomic E-state index is -0.286. The van der Waals surface area contributed by atoms with Gasteiger partial charge in [-0.2, -0.15) is 0 Å². The van der Waals surface area contributed by atoms with Gasteiger partial charge in [0.1, 0.15) is 17.9 Å². The Morgan fingerprint density at radius 2 is 1.78 bits per heavy atom. The molecule has 0 saturated carbocycles. The highest BCUT2D eigenvalue weighted by Gasteiger charge is 2.31. The first-order valence-electron chi connectivity index (χ1n) is 7.53. The summed E-state index contributed by atoms with van der Waals surface area (Å²) in [4.78, 5) is 11.6. The van der Waals surface area contributed by atoms with Crippen LogP contribution in [0.4, 0.5) is 5.69 Å². The Balaban J connectivity index is 1.66. The minimum absolute atomic E-state index is 0.0341. The third kappa shape index (κ3) is 3.56. The summed E-state index contributed by atoms with van der Waals surface area (Å²) in [6.07, 6.45) is 0.645. The zero-order valence-electron chi connectivity index (χ0n) is 13.1. The zero-order valence-corrected chi connectivity index (χ0v) is 13.1. The fraction of sp³-hybridized carbons (Fsp3) is 0.278. The molecule has 23 heavy (non-hydrogen) atoms. The number of esters is 1. The molecule has 120 valence electrons. The molecule has 3 rings (SSSR count). The van der Waals surface area contributed by atoms with E-state index in [1.165, 1.54) is 0 Å². The summed E-state index contributed by atoms with van der Waals surface area (Å²) in [6.45, 7) is 1.89. The van der Waals surface area contributed by atoms with Crippen LogP contribution < -0.4 is 14.8 Å². The molecule has 2 unspecified atom stereocenters. The highest BCUT2D eigenvalue weighted by atomic mass is 16.6. The molecule has 0 radical (unpaired) electrons. The van der Waals surface area contributed by atoms with Crippen LogP contribution in [0.25, 0.3) is 0 Å². The number of hydrogen-bond donors (Lipinski definition) is 1. The zero-order chi connectivity index (χ0) is 16.2. The van der Waals surface area contributed by atoms with Crippen LogP contribution >= 0.6 is 0 Å². The van der Waals surface area contributed by atoms with Crippen molar-refractivity contribution < 1.29 is 19.0 Å². The predicted octanol–water partition coefficient (Wildman–Crippen LogP) is 3.60. The molecule has 0 aromatic heterocycles. The number of ether oxygens (including phenoxy) is 3. The molecule has 5 nitrogen and oxygen atoms in total. The van der Waals surface area contributed by atoms with E-state index >= 15 is 0 Å². The highest BCUT2D eigenvalue weighted by molar-refractivity contribution is 5.81. The summed E-state index contributed by atoms with van der Waals surface area (Å²) >= 11 is 0. The average Bonchev–Trinajstić information content (AvgIpc) is 2.87. The van der Waals surface area contributed by atoms with Crippen molar-refractivity contribution in [1.29, 1.82) is 0 Å². The van der Waals surface area contributed by atoms with Gasteiger partial charge in [-0.3, -0.25) is 0 Å². The number of rotatable bonds is 5. The smallest absolute Gasteiger partial charge is 0.328 e. The van der Waals surface area contributed by atoms with Gasteiger partial charge in [-0.15, -0.1) is 0 Å². The summed E-state index contributed by atoms with van der Waals surface area (Å²) in [5.41, 5.74) is 0.855. The molecule has 5 heteroatoms. The van der Waals surface area contributed by atoms with Gasteiger partial charge < -0.3 is 19.5 Å². The predicted molar refractivity (Wildman–Crippen MR) is 87.1 cm³/mol. The standard InChI is InChI=1S/C18H19NO4/c1-12-11-15(18(20)22-12)19-13-7-9-14(10-8-13)23-17-6-4-3-5-16(17)21-2/h3-10,12,15,19H,11H2,1-2H3. The lowest BCUT2D eigenvalue weighted by Gasteiger charge is -2.12. The van der Waals surface area contributed by atoms with E-state index in [9.17, 15) is 4.79 Å². The second-order valence-corrected chi connectivity index (χ2v) is 5.46. The van der Waals surface area contributed by atoms with E-state index in [0.29, 0.717) is 23.7 Å². The van der Waals surface area contributed by atoms with E-state index in [-0.39, 0.29) is 18.1 Å². The monoisotopic (exact) mass is 313 g/mol. The van der Waals surface area contributed by atoms with Crippen molar-refractivity contribution in [2.45, 2.75) is 25.5 Å². The lowest BCUT2D eigenvalue weighted by molar-refractivity contribution is -0.141. The molecular formula is C18H19NO4. The fourth-order valence-corrected chi connectivity index (χ4v) is 2.53. The molecule has 0 spiro atoms. The molecule has 2 atom stereocenters. The van der Waals surface area contributed by atoms with E-state index in [1.807, 2.05) is 55.5 Å². The van der Waals surface area contributed by atoms with Gasteiger partial charge in [0.2, 0.25) is 0 Å². The molecular weight excluding hydrogens is 294 g/mol. The quantitative estimate of drug-likeness (QED) is 0.855. The van der Waals surface area contributed by atoms with Crippen LogP contribution in [0.2, 0.25) is 0 Å². The van der Waals surface area contributed by atoms with Crippen LogP contribution in [-0.4, -0.2) is 25.2 Å². The maximum Gasteiger partial charge on any atom is 0.328 e. The Morgan fingerprint density at radius 3 is 2.39 bits per heavy atom. The van der Waals surface area contributed by atoms with Crippen LogP contribution in [-0.2, 0) is 9.53 Å². The summed E-state index contributed by atoms with van der Waals surface area (Å²) in [5.74, 6) is 1.83. The van der Waals surface area contributed by atoms with E-state index in [0.717, 1.165) is 5.69 Å². The largest absolute Gasteiger partial charge is 0.493 e. The molecule has 1 saturated heterocycles. The Morgan fingerprint density at radius 1 is 1.09 bits per heavy atom. The second-order valence-electron chi connectivity index (χ2n) is 5.46. The van der Waals surface area contributed by atoms with Crippen LogP contribution in [0.1, 0.15) is 13.3 Å². The van der Waals surface area contributed by atoms with E-state index < -0.39 is 0 Å². The maximum atomic E-state index is 11.6. The topological polar surface area (TPSA) is 56.8 Å². The molecule has 1 fully saturated rings. The molecule has 0 amide bonds. The maximum absolute atomic E-state index is 11.6. The van der Waals surface area contributed by atoms with E-state index in [2.05, 4.69) is 5.32 Å². The number of carbonyl (C=O) groups is 1. The van der Waals surface area contributed by atoms with Gasteiger partial charge in [0.25, 0.3) is 0 Å². The third-order valence-electron chi connectivity index (χ3n) is 3.66. The number of para-hydroxylation sites is 2. The first-order valence-corrected chi connectivity index (χ1v) is 7.53. The van der Waals surface area contributed by atoms with Crippen molar-refractivity contribution in [3.63, 3.8) is 0 Å². The molecule has 2 aromatic carbocycles. The molecule has 0 bridgehead atoms. The van der Waals surface area contributed by atoms with Gasteiger partial charge in [0.15, 0.2) is 11.5 Å². The Kier molecular flexibility index (Phi) is 4.37. The van der Waals surface area contributed by atoms with Gasteiger partial charge in [-0.05, 0) is 43.3 Å².